The number of benzene rings is 1. The van der Waals surface area contributed by atoms with E-state index in [4.69, 9.17) is 5.73 Å². The van der Waals surface area contributed by atoms with Crippen molar-refractivity contribution in [3.63, 3.8) is 0 Å². The van der Waals surface area contributed by atoms with Crippen LogP contribution < -0.4 is 15.5 Å². The summed E-state index contributed by atoms with van der Waals surface area (Å²) < 4.78 is 0. The van der Waals surface area contributed by atoms with Gasteiger partial charge in [0.2, 0.25) is 0 Å². The van der Waals surface area contributed by atoms with E-state index >= 15 is 0 Å². The molecule has 2 N–H and O–H groups in total. The van der Waals surface area contributed by atoms with Gasteiger partial charge in [0, 0.05) is 32.1 Å². The van der Waals surface area contributed by atoms with Crippen LogP contribution in [0, 0.1) is 5.41 Å². The highest BCUT2D eigenvalue weighted by Gasteiger charge is 2.43. The second-order valence-electron chi connectivity index (χ2n) is 5.54. The van der Waals surface area contributed by atoms with Crippen LogP contribution in [0.2, 0.25) is 0 Å². The van der Waals surface area contributed by atoms with Gasteiger partial charge in [0.05, 0.1) is 11.4 Å². The third kappa shape index (κ3) is 1.89. The molecular weight excluding hydrogens is 210 g/mol. The molecule has 1 heterocycles. The lowest BCUT2D eigenvalue weighted by molar-refractivity contribution is 0.505. The summed E-state index contributed by atoms with van der Waals surface area (Å²) in [7, 11) is 2.17. The van der Waals surface area contributed by atoms with E-state index in [1.54, 1.807) is 0 Å². The van der Waals surface area contributed by atoms with Gasteiger partial charge in [-0.1, -0.05) is 12.1 Å². The minimum Gasteiger partial charge on any atom is -0.371 e. The molecule has 3 nitrogen and oxygen atoms in total. The number of nitrogens with zero attached hydrogens (tertiary/aromatic N) is 2. The van der Waals surface area contributed by atoms with Crippen LogP contribution in [0.3, 0.4) is 0 Å². The summed E-state index contributed by atoms with van der Waals surface area (Å²) in [5.41, 5.74) is 9.05. The summed E-state index contributed by atoms with van der Waals surface area (Å²) in [6, 6.07) is 8.70. The molecule has 0 saturated heterocycles. The zero-order valence-corrected chi connectivity index (χ0v) is 10.5. The van der Waals surface area contributed by atoms with Gasteiger partial charge in [-0.2, -0.15) is 0 Å². The van der Waals surface area contributed by atoms with Crippen LogP contribution in [0.5, 0.6) is 0 Å². The van der Waals surface area contributed by atoms with Crippen molar-refractivity contribution in [2.24, 2.45) is 11.1 Å². The molecule has 3 heteroatoms. The Balaban J connectivity index is 1.85. The standard InChI is InChI=1S/C14H21N3/c1-16-8-9-17(11-14(10-15)6-7-14)13-5-3-2-4-12(13)16/h2-5H,6-11,15H2,1H3. The Morgan fingerprint density at radius 3 is 2.53 bits per heavy atom. The van der Waals surface area contributed by atoms with Gasteiger partial charge in [0.25, 0.3) is 0 Å². The molecule has 3 rings (SSSR count). The molecule has 0 spiro atoms. The van der Waals surface area contributed by atoms with Crippen molar-refractivity contribution in [1.29, 1.82) is 0 Å². The van der Waals surface area contributed by atoms with Crippen LogP contribution in [-0.2, 0) is 0 Å². The third-order valence-corrected chi connectivity index (χ3v) is 4.26. The lowest BCUT2D eigenvalue weighted by atomic mass is 10.1. The number of para-hydroxylation sites is 2. The first-order chi connectivity index (χ1) is 8.24. The predicted molar refractivity (Wildman–Crippen MR) is 72.6 cm³/mol. The molecule has 1 aliphatic heterocycles. The van der Waals surface area contributed by atoms with Crippen molar-refractivity contribution < 1.29 is 0 Å². The Kier molecular flexibility index (Phi) is 2.51. The second kappa shape index (κ2) is 3.91. The van der Waals surface area contributed by atoms with E-state index in [0.717, 1.165) is 26.2 Å². The molecule has 0 unspecified atom stereocenters. The second-order valence-corrected chi connectivity index (χ2v) is 5.54. The van der Waals surface area contributed by atoms with Gasteiger partial charge >= 0.3 is 0 Å². The maximum atomic E-state index is 5.90. The fraction of sp³-hybridized carbons (Fsp3) is 0.571. The number of hydrogen-bond donors (Lipinski definition) is 1. The minimum absolute atomic E-state index is 0.420. The molecule has 1 fully saturated rings. The van der Waals surface area contributed by atoms with E-state index < -0.39 is 0 Å². The van der Waals surface area contributed by atoms with Crippen LogP contribution in [0.25, 0.3) is 0 Å². The number of fused-ring (bicyclic) bond motifs is 1. The fourth-order valence-corrected chi connectivity index (χ4v) is 2.74. The van der Waals surface area contributed by atoms with E-state index in [2.05, 4.69) is 41.1 Å². The molecule has 1 aliphatic carbocycles. The highest BCUT2D eigenvalue weighted by molar-refractivity contribution is 5.73. The average Bonchev–Trinajstić information content (AvgIpc) is 3.14. The highest BCUT2D eigenvalue weighted by atomic mass is 15.3. The molecule has 0 atom stereocenters. The van der Waals surface area contributed by atoms with E-state index in [1.165, 1.54) is 24.2 Å². The van der Waals surface area contributed by atoms with E-state index in [9.17, 15) is 0 Å². The van der Waals surface area contributed by atoms with Crippen molar-refractivity contribution in [3.8, 4) is 0 Å². The number of likely N-dealkylation sites (N-methyl/N-ethyl adjacent to an activating group) is 1. The molecular formula is C14H21N3. The van der Waals surface area contributed by atoms with Gasteiger partial charge in [-0.05, 0) is 31.5 Å². The van der Waals surface area contributed by atoms with Gasteiger partial charge in [0.15, 0.2) is 0 Å². The van der Waals surface area contributed by atoms with Crippen molar-refractivity contribution >= 4 is 11.4 Å². The molecule has 0 amide bonds. The quantitative estimate of drug-likeness (QED) is 0.859. The zero-order valence-electron chi connectivity index (χ0n) is 10.5. The number of rotatable bonds is 3. The Morgan fingerprint density at radius 1 is 1.18 bits per heavy atom. The maximum absolute atomic E-state index is 5.90. The maximum Gasteiger partial charge on any atom is 0.0604 e. The summed E-state index contributed by atoms with van der Waals surface area (Å²) in [5.74, 6) is 0. The van der Waals surface area contributed by atoms with E-state index in [1.807, 2.05) is 0 Å². The first-order valence-electron chi connectivity index (χ1n) is 6.49. The highest BCUT2D eigenvalue weighted by Crippen LogP contribution is 2.46. The Labute approximate surface area is 103 Å². The van der Waals surface area contributed by atoms with Crippen LogP contribution >= 0.6 is 0 Å². The van der Waals surface area contributed by atoms with Gasteiger partial charge in [-0.15, -0.1) is 0 Å². The summed E-state index contributed by atoms with van der Waals surface area (Å²) in [6.45, 7) is 4.20. The zero-order chi connectivity index (χ0) is 11.9. The normalized spacial score (nSPS) is 21.3. The van der Waals surface area contributed by atoms with Gasteiger partial charge in [-0.3, -0.25) is 0 Å². The third-order valence-electron chi connectivity index (χ3n) is 4.26. The topological polar surface area (TPSA) is 32.5 Å². The molecule has 0 bridgehead atoms. The fourth-order valence-electron chi connectivity index (χ4n) is 2.74. The van der Waals surface area contributed by atoms with Crippen molar-refractivity contribution in [2.75, 3.05) is 43.0 Å². The SMILES string of the molecule is CN1CCN(CC2(CN)CC2)c2ccccc21. The van der Waals surface area contributed by atoms with Gasteiger partial charge in [0.1, 0.15) is 0 Å². The van der Waals surface area contributed by atoms with Crippen molar-refractivity contribution in [1.82, 2.24) is 0 Å². The number of anilines is 2. The Hall–Kier alpha value is -1.22. The largest absolute Gasteiger partial charge is 0.371 e. The van der Waals surface area contributed by atoms with E-state index in [-0.39, 0.29) is 0 Å². The van der Waals surface area contributed by atoms with Gasteiger partial charge < -0.3 is 15.5 Å². The number of hydrogen-bond acceptors (Lipinski definition) is 3. The first kappa shape index (κ1) is 10.9. The monoisotopic (exact) mass is 231 g/mol. The van der Waals surface area contributed by atoms with Crippen molar-refractivity contribution in [2.45, 2.75) is 12.8 Å². The van der Waals surface area contributed by atoms with Crippen LogP contribution in [0.15, 0.2) is 24.3 Å². The summed E-state index contributed by atoms with van der Waals surface area (Å²) in [6.07, 6.45) is 2.61. The molecule has 2 aliphatic rings. The first-order valence-corrected chi connectivity index (χ1v) is 6.49. The van der Waals surface area contributed by atoms with E-state index in [0.29, 0.717) is 5.41 Å². The molecule has 1 aromatic rings. The summed E-state index contributed by atoms with van der Waals surface area (Å²) in [5, 5.41) is 0. The molecule has 1 aromatic carbocycles. The predicted octanol–water partition coefficient (Wildman–Crippen LogP) is 1.68. The summed E-state index contributed by atoms with van der Waals surface area (Å²) >= 11 is 0. The lowest BCUT2D eigenvalue weighted by Gasteiger charge is -2.38. The molecule has 17 heavy (non-hydrogen) atoms. The molecule has 0 aromatic heterocycles. The van der Waals surface area contributed by atoms with Gasteiger partial charge in [-0.25, -0.2) is 0 Å². The molecule has 0 radical (unpaired) electrons. The Morgan fingerprint density at radius 2 is 1.88 bits per heavy atom. The summed E-state index contributed by atoms with van der Waals surface area (Å²) in [4.78, 5) is 4.86. The smallest absolute Gasteiger partial charge is 0.0604 e. The molecule has 92 valence electrons. The van der Waals surface area contributed by atoms with Crippen LogP contribution in [0.4, 0.5) is 11.4 Å². The van der Waals surface area contributed by atoms with Crippen LogP contribution in [-0.4, -0.2) is 33.2 Å². The lowest BCUT2D eigenvalue weighted by Crippen LogP contribution is -2.43. The average molecular weight is 231 g/mol. The van der Waals surface area contributed by atoms with Crippen LogP contribution in [0.1, 0.15) is 12.8 Å². The molecule has 1 saturated carbocycles. The minimum atomic E-state index is 0.420. The van der Waals surface area contributed by atoms with Crippen molar-refractivity contribution in [3.05, 3.63) is 24.3 Å². The number of nitrogens with two attached hydrogens (primary N) is 1. The Bertz CT molecular complexity index is 412.